The lowest BCUT2D eigenvalue weighted by Crippen LogP contribution is -2.24. The second-order valence-electron chi connectivity index (χ2n) is 5.10. The Balaban J connectivity index is 2.23. The molecule has 78 valence electrons. The zero-order valence-corrected chi connectivity index (χ0v) is 10.3. The Bertz CT molecular complexity index is 269. The Morgan fingerprint density at radius 1 is 1.43 bits per heavy atom. The van der Waals surface area contributed by atoms with E-state index in [0.29, 0.717) is 12.5 Å². The van der Waals surface area contributed by atoms with Crippen LogP contribution in [0.2, 0.25) is 25.7 Å². The van der Waals surface area contributed by atoms with Gasteiger partial charge in [-0.25, -0.2) is 0 Å². The van der Waals surface area contributed by atoms with Gasteiger partial charge in [-0.1, -0.05) is 19.6 Å². The van der Waals surface area contributed by atoms with E-state index in [1.165, 1.54) is 0 Å². The minimum atomic E-state index is -1.01. The van der Waals surface area contributed by atoms with Crippen molar-refractivity contribution in [3.05, 3.63) is 0 Å². The van der Waals surface area contributed by atoms with Crippen molar-refractivity contribution in [1.29, 1.82) is 0 Å². The van der Waals surface area contributed by atoms with E-state index in [0.717, 1.165) is 18.9 Å². The predicted molar refractivity (Wildman–Crippen MR) is 61.7 cm³/mol. The lowest BCUT2D eigenvalue weighted by molar-refractivity contribution is -0.119. The third-order valence-corrected chi connectivity index (χ3v) is 3.41. The van der Waals surface area contributed by atoms with Crippen molar-refractivity contribution in [2.45, 2.75) is 51.0 Å². The zero-order valence-electron chi connectivity index (χ0n) is 9.31. The van der Waals surface area contributed by atoms with Crippen LogP contribution in [0.4, 0.5) is 0 Å². The molecule has 0 spiro atoms. The Hall–Kier alpha value is -0.753. The van der Waals surface area contributed by atoms with Crippen molar-refractivity contribution in [2.75, 3.05) is 0 Å². The summed E-state index contributed by atoms with van der Waals surface area (Å²) in [5.74, 6) is 6.58. The Labute approximate surface area is 87.5 Å². The molecule has 0 aromatic rings. The highest BCUT2D eigenvalue weighted by Crippen LogP contribution is 2.10. The summed E-state index contributed by atoms with van der Waals surface area (Å²) in [6, 6.07) is 1.38. The Morgan fingerprint density at radius 3 is 2.64 bits per heavy atom. The fourth-order valence-electron chi connectivity index (χ4n) is 1.35. The van der Waals surface area contributed by atoms with Crippen LogP contribution < -0.4 is 5.32 Å². The first kappa shape index (κ1) is 11.3. The number of hydrogen-bond acceptors (Lipinski definition) is 1. The number of carbonyl (C=O) groups is 1. The first-order chi connectivity index (χ1) is 6.47. The summed E-state index contributed by atoms with van der Waals surface area (Å²) in [6.45, 7) is 6.96. The molecule has 1 aliphatic heterocycles. The minimum Gasteiger partial charge on any atom is -0.352 e. The van der Waals surface area contributed by atoms with Crippen molar-refractivity contribution < 1.29 is 4.79 Å². The summed E-state index contributed by atoms with van der Waals surface area (Å²) in [4.78, 5) is 10.9. The van der Waals surface area contributed by atoms with Gasteiger partial charge >= 0.3 is 0 Å². The van der Waals surface area contributed by atoms with E-state index in [-0.39, 0.29) is 5.91 Å². The molecule has 0 radical (unpaired) electrons. The lowest BCUT2D eigenvalue weighted by atomic mass is 10.2. The topological polar surface area (TPSA) is 29.1 Å². The molecular formula is C11H19NOSi. The number of nitrogens with one attached hydrogen (secondary N) is 1. The van der Waals surface area contributed by atoms with E-state index in [2.05, 4.69) is 36.8 Å². The molecule has 0 aromatic heterocycles. The molecule has 1 rings (SSSR count). The summed E-state index contributed by atoms with van der Waals surface area (Å²) in [5.41, 5.74) is 0. The van der Waals surface area contributed by atoms with Crippen LogP contribution in [0.15, 0.2) is 0 Å². The molecule has 1 amide bonds. The van der Waals surface area contributed by atoms with Crippen LogP contribution >= 0.6 is 0 Å². The van der Waals surface area contributed by atoms with Gasteiger partial charge in [0.1, 0.15) is 0 Å². The summed E-state index contributed by atoms with van der Waals surface area (Å²) in [6.07, 6.45) is 2.47. The van der Waals surface area contributed by atoms with Crippen LogP contribution in [0.1, 0.15) is 19.3 Å². The van der Waals surface area contributed by atoms with E-state index in [1.54, 1.807) is 0 Å². The summed E-state index contributed by atoms with van der Waals surface area (Å²) in [5, 5.41) is 2.92. The fourth-order valence-corrected chi connectivity index (χ4v) is 2.01. The van der Waals surface area contributed by atoms with Crippen molar-refractivity contribution >= 4 is 14.0 Å². The maximum atomic E-state index is 10.9. The molecule has 14 heavy (non-hydrogen) atoms. The Morgan fingerprint density at radius 2 is 2.14 bits per heavy atom. The van der Waals surface area contributed by atoms with Gasteiger partial charge in [0, 0.05) is 24.9 Å². The molecule has 2 nitrogen and oxygen atoms in total. The molecule has 0 aromatic carbocycles. The van der Waals surface area contributed by atoms with Gasteiger partial charge in [-0.15, -0.1) is 11.8 Å². The second kappa shape index (κ2) is 4.65. The van der Waals surface area contributed by atoms with Gasteiger partial charge in [-0.05, 0) is 6.42 Å². The predicted octanol–water partition coefficient (Wildman–Crippen LogP) is 2.00. The first-order valence-corrected chi connectivity index (χ1v) is 8.93. The molecule has 0 bridgehead atoms. The molecule has 0 aliphatic carbocycles. The average molecular weight is 209 g/mol. The monoisotopic (exact) mass is 209 g/mol. The van der Waals surface area contributed by atoms with Gasteiger partial charge in [0.15, 0.2) is 0 Å². The van der Waals surface area contributed by atoms with Gasteiger partial charge in [0.2, 0.25) is 5.91 Å². The smallest absolute Gasteiger partial charge is 0.220 e. The molecule has 1 N–H and O–H groups in total. The third-order valence-electron chi connectivity index (χ3n) is 2.18. The van der Waals surface area contributed by atoms with Crippen LogP contribution in [-0.2, 0) is 4.79 Å². The van der Waals surface area contributed by atoms with Gasteiger partial charge in [-0.3, -0.25) is 4.79 Å². The van der Waals surface area contributed by atoms with E-state index in [1.807, 2.05) is 0 Å². The fraction of sp³-hybridized carbons (Fsp3) is 0.727. The van der Waals surface area contributed by atoms with E-state index in [4.69, 9.17) is 0 Å². The Kier molecular flexibility index (Phi) is 3.76. The first-order valence-electron chi connectivity index (χ1n) is 5.22. The van der Waals surface area contributed by atoms with Gasteiger partial charge in [0.25, 0.3) is 0 Å². The average Bonchev–Trinajstić information content (AvgIpc) is 2.44. The highest BCUT2D eigenvalue weighted by Gasteiger charge is 2.19. The summed E-state index contributed by atoms with van der Waals surface area (Å²) >= 11 is 0. The standard InChI is InChI=1S/C11H19NOSi/c1-14(2,3)9-5-4-6-10-7-8-11(13)12-10/h10H,6-9H2,1-3H3,(H,12,13). The van der Waals surface area contributed by atoms with Crippen LogP contribution in [0, 0.1) is 11.8 Å². The molecule has 1 aliphatic rings. The van der Waals surface area contributed by atoms with E-state index in [9.17, 15) is 4.79 Å². The second-order valence-corrected chi connectivity index (χ2v) is 10.6. The van der Waals surface area contributed by atoms with Gasteiger partial charge in [-0.2, -0.15) is 0 Å². The van der Waals surface area contributed by atoms with Crippen molar-refractivity contribution in [3.63, 3.8) is 0 Å². The number of hydrogen-bond donors (Lipinski definition) is 1. The number of carbonyl (C=O) groups excluding carboxylic acids is 1. The molecule has 3 heteroatoms. The normalized spacial score (nSPS) is 21.4. The van der Waals surface area contributed by atoms with Gasteiger partial charge < -0.3 is 5.32 Å². The maximum Gasteiger partial charge on any atom is 0.220 e. The zero-order chi connectivity index (χ0) is 10.6. The largest absolute Gasteiger partial charge is 0.352 e. The van der Waals surface area contributed by atoms with E-state index >= 15 is 0 Å². The quantitative estimate of drug-likeness (QED) is 0.547. The SMILES string of the molecule is C[Si](C)(C)CC#CCC1CCC(=O)N1. The summed E-state index contributed by atoms with van der Waals surface area (Å²) in [7, 11) is -1.01. The maximum absolute atomic E-state index is 10.9. The molecule has 1 fully saturated rings. The lowest BCUT2D eigenvalue weighted by Gasteiger charge is -2.09. The van der Waals surface area contributed by atoms with Crippen LogP contribution in [-0.4, -0.2) is 20.0 Å². The highest BCUT2D eigenvalue weighted by molar-refractivity contribution is 6.76. The van der Waals surface area contributed by atoms with E-state index < -0.39 is 8.07 Å². The molecule has 1 unspecified atom stereocenters. The molecule has 1 atom stereocenters. The highest BCUT2D eigenvalue weighted by atomic mass is 28.3. The summed E-state index contributed by atoms with van der Waals surface area (Å²) < 4.78 is 0. The minimum absolute atomic E-state index is 0.182. The molecular weight excluding hydrogens is 190 g/mol. The molecule has 0 saturated carbocycles. The van der Waals surface area contributed by atoms with Crippen LogP contribution in [0.3, 0.4) is 0 Å². The van der Waals surface area contributed by atoms with Crippen molar-refractivity contribution in [1.82, 2.24) is 5.32 Å². The molecule has 1 saturated heterocycles. The third kappa shape index (κ3) is 4.47. The number of rotatable bonds is 2. The van der Waals surface area contributed by atoms with Gasteiger partial charge in [0.05, 0.1) is 8.07 Å². The van der Waals surface area contributed by atoms with Crippen molar-refractivity contribution in [3.8, 4) is 11.8 Å². The van der Waals surface area contributed by atoms with Crippen LogP contribution in [0.5, 0.6) is 0 Å². The molecule has 1 heterocycles. The van der Waals surface area contributed by atoms with Crippen molar-refractivity contribution in [2.24, 2.45) is 0 Å². The van der Waals surface area contributed by atoms with Crippen LogP contribution in [0.25, 0.3) is 0 Å². The number of amides is 1.